The highest BCUT2D eigenvalue weighted by atomic mass is 16.5. The van der Waals surface area contributed by atoms with Gasteiger partial charge in [0.2, 0.25) is 0 Å². The van der Waals surface area contributed by atoms with Crippen LogP contribution >= 0.6 is 0 Å². The van der Waals surface area contributed by atoms with Gasteiger partial charge in [0.15, 0.2) is 0 Å². The summed E-state index contributed by atoms with van der Waals surface area (Å²) < 4.78 is 5.43. The van der Waals surface area contributed by atoms with Gasteiger partial charge in [-0.05, 0) is 30.0 Å². The third-order valence-electron chi connectivity index (χ3n) is 3.88. The van der Waals surface area contributed by atoms with E-state index in [-0.39, 0.29) is 6.04 Å². The highest BCUT2D eigenvalue weighted by Crippen LogP contribution is 2.25. The first-order chi connectivity index (χ1) is 10.3. The Morgan fingerprint density at radius 2 is 1.95 bits per heavy atom. The number of ether oxygens (including phenoxy) is 1. The number of rotatable bonds is 5. The predicted octanol–water partition coefficient (Wildman–Crippen LogP) is 4.03. The zero-order chi connectivity index (χ0) is 14.7. The average molecular weight is 280 g/mol. The van der Waals surface area contributed by atoms with E-state index in [1.54, 1.807) is 7.11 Å². The van der Waals surface area contributed by atoms with E-state index in [9.17, 15) is 0 Å². The van der Waals surface area contributed by atoms with Crippen LogP contribution in [0.3, 0.4) is 0 Å². The summed E-state index contributed by atoms with van der Waals surface area (Å²) in [5.41, 5.74) is 3.66. The molecule has 0 fully saturated rings. The van der Waals surface area contributed by atoms with E-state index in [1.807, 2.05) is 24.4 Å². The highest BCUT2D eigenvalue weighted by molar-refractivity contribution is 5.82. The SMILES string of the molecule is COc1ccccc1[C@H](C)NCc1cccc2cc[nH]c12. The number of hydrogen-bond donors (Lipinski definition) is 2. The van der Waals surface area contributed by atoms with Crippen LogP contribution in [0.1, 0.15) is 24.1 Å². The maximum Gasteiger partial charge on any atom is 0.123 e. The summed E-state index contributed by atoms with van der Waals surface area (Å²) in [6.07, 6.45) is 1.98. The van der Waals surface area contributed by atoms with E-state index in [4.69, 9.17) is 4.74 Å². The van der Waals surface area contributed by atoms with Crippen LogP contribution in [0.4, 0.5) is 0 Å². The number of fused-ring (bicyclic) bond motifs is 1. The van der Waals surface area contributed by atoms with E-state index < -0.39 is 0 Å². The third kappa shape index (κ3) is 2.78. The number of H-pyrrole nitrogens is 1. The largest absolute Gasteiger partial charge is 0.496 e. The molecule has 0 saturated carbocycles. The molecule has 2 N–H and O–H groups in total. The van der Waals surface area contributed by atoms with Gasteiger partial charge in [-0.25, -0.2) is 0 Å². The molecule has 0 amide bonds. The van der Waals surface area contributed by atoms with Gasteiger partial charge in [-0.3, -0.25) is 0 Å². The second-order valence-corrected chi connectivity index (χ2v) is 5.20. The Labute approximate surface area is 125 Å². The minimum Gasteiger partial charge on any atom is -0.496 e. The molecule has 0 radical (unpaired) electrons. The maximum atomic E-state index is 5.43. The molecule has 0 aliphatic heterocycles. The molecule has 2 aromatic carbocycles. The molecule has 3 aromatic rings. The van der Waals surface area contributed by atoms with Crippen molar-refractivity contribution in [2.24, 2.45) is 0 Å². The molecule has 3 heteroatoms. The minimum absolute atomic E-state index is 0.228. The molecular weight excluding hydrogens is 260 g/mol. The van der Waals surface area contributed by atoms with Gasteiger partial charge in [-0.2, -0.15) is 0 Å². The summed E-state index contributed by atoms with van der Waals surface area (Å²) in [7, 11) is 1.71. The van der Waals surface area contributed by atoms with Gasteiger partial charge in [-0.1, -0.05) is 36.4 Å². The fraction of sp³-hybridized carbons (Fsp3) is 0.222. The lowest BCUT2D eigenvalue weighted by Crippen LogP contribution is -2.18. The Kier molecular flexibility index (Phi) is 3.93. The fourth-order valence-electron chi connectivity index (χ4n) is 2.69. The summed E-state index contributed by atoms with van der Waals surface area (Å²) in [5, 5.41) is 4.82. The van der Waals surface area contributed by atoms with Crippen LogP contribution < -0.4 is 10.1 Å². The van der Waals surface area contributed by atoms with Crippen molar-refractivity contribution in [3.05, 3.63) is 65.9 Å². The number of benzene rings is 2. The molecule has 1 aromatic heterocycles. The van der Waals surface area contributed by atoms with E-state index in [0.717, 1.165) is 12.3 Å². The molecule has 108 valence electrons. The molecule has 0 unspecified atom stereocenters. The third-order valence-corrected chi connectivity index (χ3v) is 3.88. The number of para-hydroxylation sites is 2. The first-order valence-electron chi connectivity index (χ1n) is 7.21. The molecule has 0 aliphatic carbocycles. The van der Waals surface area contributed by atoms with Crippen LogP contribution in [-0.2, 0) is 6.54 Å². The van der Waals surface area contributed by atoms with Crippen molar-refractivity contribution in [2.75, 3.05) is 7.11 Å². The lowest BCUT2D eigenvalue weighted by molar-refractivity contribution is 0.401. The number of aromatic amines is 1. The zero-order valence-corrected chi connectivity index (χ0v) is 12.4. The topological polar surface area (TPSA) is 37.0 Å². The fourth-order valence-corrected chi connectivity index (χ4v) is 2.69. The van der Waals surface area contributed by atoms with Crippen molar-refractivity contribution in [3.63, 3.8) is 0 Å². The molecule has 0 bridgehead atoms. The Morgan fingerprint density at radius 3 is 2.81 bits per heavy atom. The summed E-state index contributed by atoms with van der Waals surface area (Å²) in [6.45, 7) is 2.98. The molecule has 1 atom stereocenters. The van der Waals surface area contributed by atoms with Crippen LogP contribution in [0, 0.1) is 0 Å². The second-order valence-electron chi connectivity index (χ2n) is 5.20. The first kappa shape index (κ1) is 13.7. The van der Waals surface area contributed by atoms with Gasteiger partial charge in [0.05, 0.1) is 7.11 Å². The van der Waals surface area contributed by atoms with Crippen molar-refractivity contribution in [2.45, 2.75) is 19.5 Å². The van der Waals surface area contributed by atoms with Crippen molar-refractivity contribution in [1.82, 2.24) is 10.3 Å². The molecule has 21 heavy (non-hydrogen) atoms. The lowest BCUT2D eigenvalue weighted by atomic mass is 10.1. The van der Waals surface area contributed by atoms with Crippen molar-refractivity contribution in [1.29, 1.82) is 0 Å². The monoisotopic (exact) mass is 280 g/mol. The van der Waals surface area contributed by atoms with Gasteiger partial charge in [0, 0.05) is 29.9 Å². The van der Waals surface area contributed by atoms with Gasteiger partial charge in [0.1, 0.15) is 5.75 Å². The average Bonchev–Trinajstić information content (AvgIpc) is 3.01. The first-order valence-corrected chi connectivity index (χ1v) is 7.21. The molecule has 0 saturated heterocycles. The molecule has 3 rings (SSSR count). The van der Waals surface area contributed by atoms with Crippen LogP contribution in [0.2, 0.25) is 0 Å². The van der Waals surface area contributed by atoms with Gasteiger partial charge >= 0.3 is 0 Å². The van der Waals surface area contributed by atoms with Gasteiger partial charge in [-0.15, -0.1) is 0 Å². The highest BCUT2D eigenvalue weighted by Gasteiger charge is 2.11. The molecular formula is C18H20N2O. The standard InChI is InChI=1S/C18H20N2O/c1-13(16-8-3-4-9-17(16)21-2)20-12-15-7-5-6-14-10-11-19-18(14)15/h3-11,13,19-20H,12H2,1-2H3/t13-/m0/s1. The van der Waals surface area contributed by atoms with Crippen LogP contribution in [0.15, 0.2) is 54.7 Å². The van der Waals surface area contributed by atoms with Crippen LogP contribution in [-0.4, -0.2) is 12.1 Å². The summed E-state index contributed by atoms with van der Waals surface area (Å²) in [4.78, 5) is 3.31. The van der Waals surface area contributed by atoms with E-state index in [0.29, 0.717) is 0 Å². The van der Waals surface area contributed by atoms with Crippen LogP contribution in [0.5, 0.6) is 5.75 Å². The molecule has 3 nitrogen and oxygen atoms in total. The molecule has 0 spiro atoms. The van der Waals surface area contributed by atoms with E-state index in [1.165, 1.54) is 22.0 Å². The Balaban J connectivity index is 1.77. The molecule has 0 aliphatic rings. The van der Waals surface area contributed by atoms with Crippen molar-refractivity contribution in [3.8, 4) is 5.75 Å². The maximum absolute atomic E-state index is 5.43. The van der Waals surface area contributed by atoms with Crippen molar-refractivity contribution >= 4 is 10.9 Å². The number of nitrogens with one attached hydrogen (secondary N) is 2. The number of aromatic nitrogens is 1. The summed E-state index contributed by atoms with van der Waals surface area (Å²) >= 11 is 0. The predicted molar refractivity (Wildman–Crippen MR) is 86.5 cm³/mol. The van der Waals surface area contributed by atoms with E-state index >= 15 is 0 Å². The van der Waals surface area contributed by atoms with Gasteiger partial charge < -0.3 is 15.0 Å². The van der Waals surface area contributed by atoms with Crippen LogP contribution in [0.25, 0.3) is 10.9 Å². The lowest BCUT2D eigenvalue weighted by Gasteiger charge is -2.17. The molecule has 1 heterocycles. The number of methoxy groups -OCH3 is 1. The van der Waals surface area contributed by atoms with Gasteiger partial charge in [0.25, 0.3) is 0 Å². The zero-order valence-electron chi connectivity index (χ0n) is 12.4. The number of hydrogen-bond acceptors (Lipinski definition) is 2. The Hall–Kier alpha value is -2.26. The second kappa shape index (κ2) is 6.02. The van der Waals surface area contributed by atoms with E-state index in [2.05, 4.69) is 47.6 Å². The summed E-state index contributed by atoms with van der Waals surface area (Å²) in [6, 6.07) is 16.8. The Morgan fingerprint density at radius 1 is 1.10 bits per heavy atom. The minimum atomic E-state index is 0.228. The van der Waals surface area contributed by atoms with Crippen molar-refractivity contribution < 1.29 is 4.74 Å². The Bertz CT molecular complexity index is 733. The normalized spacial score (nSPS) is 12.5. The quantitative estimate of drug-likeness (QED) is 0.740. The summed E-state index contributed by atoms with van der Waals surface area (Å²) in [5.74, 6) is 0.926. The smallest absolute Gasteiger partial charge is 0.123 e.